The van der Waals surface area contributed by atoms with E-state index in [1.165, 1.54) is 11.3 Å². The second kappa shape index (κ2) is 7.92. The van der Waals surface area contributed by atoms with E-state index in [-0.39, 0.29) is 5.97 Å². The van der Waals surface area contributed by atoms with Gasteiger partial charge in [-0.2, -0.15) is 0 Å². The van der Waals surface area contributed by atoms with Gasteiger partial charge in [-0.3, -0.25) is 0 Å². The van der Waals surface area contributed by atoms with E-state index in [0.717, 1.165) is 27.6 Å². The van der Waals surface area contributed by atoms with Gasteiger partial charge in [0.05, 0.1) is 17.9 Å². The molecule has 0 bridgehead atoms. The number of anilines is 2. The molecule has 2 aromatic carbocycles. The lowest BCUT2D eigenvalue weighted by atomic mass is 10.1. The molecule has 1 heterocycles. The van der Waals surface area contributed by atoms with Crippen LogP contribution in [0.25, 0.3) is 11.3 Å². The second-order valence-corrected chi connectivity index (χ2v) is 6.22. The summed E-state index contributed by atoms with van der Waals surface area (Å²) in [6.45, 7) is 2.67. The number of benzene rings is 2. The van der Waals surface area contributed by atoms with Crippen LogP contribution in [-0.4, -0.2) is 17.6 Å². The molecular weight excluding hydrogens is 334 g/mol. The highest BCUT2D eigenvalue weighted by Crippen LogP contribution is 2.27. The van der Waals surface area contributed by atoms with Gasteiger partial charge in [-0.05, 0) is 30.7 Å². The molecule has 0 spiro atoms. The highest BCUT2D eigenvalue weighted by molar-refractivity contribution is 7.14. The smallest absolute Gasteiger partial charge is 0.338 e. The molecule has 0 radical (unpaired) electrons. The van der Waals surface area contributed by atoms with Gasteiger partial charge in [0.2, 0.25) is 0 Å². The first-order valence-electron chi connectivity index (χ1n) is 7.98. The van der Waals surface area contributed by atoms with Crippen LogP contribution in [0.2, 0.25) is 0 Å². The van der Waals surface area contributed by atoms with Crippen molar-refractivity contribution in [1.29, 1.82) is 0 Å². The van der Waals surface area contributed by atoms with Crippen LogP contribution in [0.15, 0.2) is 53.9 Å². The number of carbonyl (C=O) groups excluding carboxylic acids is 1. The summed E-state index contributed by atoms with van der Waals surface area (Å²) < 4.78 is 5.03. The summed E-state index contributed by atoms with van der Waals surface area (Å²) in [6, 6.07) is 15.2. The number of carbonyl (C=O) groups is 1. The van der Waals surface area contributed by atoms with Gasteiger partial charge in [0.25, 0.3) is 0 Å². The van der Waals surface area contributed by atoms with Crippen molar-refractivity contribution in [3.63, 3.8) is 0 Å². The average Bonchev–Trinajstić information content (AvgIpc) is 3.10. The standard InChI is InChI=1S/C19H19N3O2S/c1-2-24-18(23)15-4-3-5-16(10-15)21-19-22-17(12-25-19)14-8-6-13(11-20)7-9-14/h3-10,12H,2,11,20H2,1H3,(H,21,22). The van der Waals surface area contributed by atoms with Crippen LogP contribution in [0, 0.1) is 0 Å². The first-order chi connectivity index (χ1) is 12.2. The van der Waals surface area contributed by atoms with Crippen molar-refractivity contribution in [3.05, 3.63) is 65.0 Å². The van der Waals surface area contributed by atoms with Gasteiger partial charge in [0, 0.05) is 23.2 Å². The zero-order valence-corrected chi connectivity index (χ0v) is 14.7. The topological polar surface area (TPSA) is 77.2 Å². The van der Waals surface area contributed by atoms with Crippen LogP contribution >= 0.6 is 11.3 Å². The number of aromatic nitrogens is 1. The highest BCUT2D eigenvalue weighted by atomic mass is 32.1. The van der Waals surface area contributed by atoms with E-state index in [2.05, 4.69) is 10.3 Å². The molecule has 0 aliphatic carbocycles. The normalized spacial score (nSPS) is 10.5. The molecule has 0 saturated heterocycles. The van der Waals surface area contributed by atoms with Crippen LogP contribution in [0.4, 0.5) is 10.8 Å². The Morgan fingerprint density at radius 3 is 2.76 bits per heavy atom. The summed E-state index contributed by atoms with van der Waals surface area (Å²) in [5.74, 6) is -0.328. The average molecular weight is 353 g/mol. The Labute approximate surface area is 150 Å². The lowest BCUT2D eigenvalue weighted by molar-refractivity contribution is 0.0526. The van der Waals surface area contributed by atoms with E-state index in [9.17, 15) is 4.79 Å². The largest absolute Gasteiger partial charge is 0.462 e. The zero-order chi connectivity index (χ0) is 17.6. The van der Waals surface area contributed by atoms with E-state index < -0.39 is 0 Å². The Balaban J connectivity index is 1.75. The third kappa shape index (κ3) is 4.23. The first kappa shape index (κ1) is 17.1. The molecule has 3 aromatic rings. The monoisotopic (exact) mass is 353 g/mol. The fourth-order valence-corrected chi connectivity index (χ4v) is 3.08. The molecule has 0 amide bonds. The molecular formula is C19H19N3O2S. The molecule has 0 atom stereocenters. The van der Waals surface area contributed by atoms with E-state index in [1.54, 1.807) is 19.1 Å². The van der Waals surface area contributed by atoms with Gasteiger partial charge < -0.3 is 15.8 Å². The number of thiazole rings is 1. The Hall–Kier alpha value is -2.70. The first-order valence-corrected chi connectivity index (χ1v) is 8.86. The van der Waals surface area contributed by atoms with Crippen LogP contribution in [-0.2, 0) is 11.3 Å². The number of hydrogen-bond donors (Lipinski definition) is 2. The predicted octanol–water partition coefficient (Wildman–Crippen LogP) is 4.19. The lowest BCUT2D eigenvalue weighted by Crippen LogP contribution is -2.04. The van der Waals surface area contributed by atoms with Crippen LogP contribution in [0.5, 0.6) is 0 Å². The minimum absolute atomic E-state index is 0.328. The molecule has 128 valence electrons. The van der Waals surface area contributed by atoms with Crippen molar-refractivity contribution in [2.24, 2.45) is 5.73 Å². The predicted molar refractivity (Wildman–Crippen MR) is 101 cm³/mol. The fraction of sp³-hybridized carbons (Fsp3) is 0.158. The summed E-state index contributed by atoms with van der Waals surface area (Å²) in [5.41, 5.74) is 9.97. The van der Waals surface area contributed by atoms with Crippen molar-refractivity contribution < 1.29 is 9.53 Å². The molecule has 6 heteroatoms. The molecule has 0 aliphatic heterocycles. The van der Waals surface area contributed by atoms with Gasteiger partial charge in [-0.15, -0.1) is 11.3 Å². The van der Waals surface area contributed by atoms with Crippen LogP contribution in [0.3, 0.4) is 0 Å². The zero-order valence-electron chi connectivity index (χ0n) is 13.9. The van der Waals surface area contributed by atoms with Gasteiger partial charge >= 0.3 is 5.97 Å². The maximum absolute atomic E-state index is 11.8. The van der Waals surface area contributed by atoms with Crippen molar-refractivity contribution >= 4 is 28.1 Å². The second-order valence-electron chi connectivity index (χ2n) is 5.37. The Kier molecular flexibility index (Phi) is 5.42. The minimum atomic E-state index is -0.328. The summed E-state index contributed by atoms with van der Waals surface area (Å²) >= 11 is 1.51. The van der Waals surface area contributed by atoms with E-state index in [4.69, 9.17) is 10.5 Å². The van der Waals surface area contributed by atoms with Crippen LogP contribution in [0.1, 0.15) is 22.8 Å². The summed E-state index contributed by atoms with van der Waals surface area (Å²) in [4.78, 5) is 16.4. The molecule has 0 unspecified atom stereocenters. The van der Waals surface area contributed by atoms with E-state index in [1.807, 2.05) is 41.8 Å². The lowest BCUT2D eigenvalue weighted by Gasteiger charge is -2.05. The molecule has 1 aromatic heterocycles. The van der Waals surface area contributed by atoms with E-state index >= 15 is 0 Å². The maximum Gasteiger partial charge on any atom is 0.338 e. The fourth-order valence-electron chi connectivity index (χ4n) is 2.34. The molecule has 0 aliphatic rings. The quantitative estimate of drug-likeness (QED) is 0.650. The van der Waals surface area contributed by atoms with Gasteiger partial charge in [0.1, 0.15) is 0 Å². The van der Waals surface area contributed by atoms with Crippen molar-refractivity contribution in [3.8, 4) is 11.3 Å². The Morgan fingerprint density at radius 2 is 2.04 bits per heavy atom. The number of rotatable bonds is 6. The summed E-state index contributed by atoms with van der Waals surface area (Å²) in [7, 11) is 0. The Morgan fingerprint density at radius 1 is 1.24 bits per heavy atom. The SMILES string of the molecule is CCOC(=O)c1cccc(Nc2nc(-c3ccc(CN)cc3)cs2)c1. The number of nitrogens with one attached hydrogen (secondary N) is 1. The van der Waals surface area contributed by atoms with Crippen molar-refractivity contribution in [1.82, 2.24) is 4.98 Å². The molecule has 25 heavy (non-hydrogen) atoms. The number of nitrogens with two attached hydrogens (primary N) is 1. The van der Waals surface area contributed by atoms with Gasteiger partial charge in [-0.1, -0.05) is 30.3 Å². The number of nitrogens with zero attached hydrogens (tertiary/aromatic N) is 1. The van der Waals surface area contributed by atoms with Crippen LogP contribution < -0.4 is 11.1 Å². The Bertz CT molecular complexity index is 859. The number of ether oxygens (including phenoxy) is 1. The van der Waals surface area contributed by atoms with E-state index in [0.29, 0.717) is 18.7 Å². The number of hydrogen-bond acceptors (Lipinski definition) is 6. The van der Waals surface area contributed by atoms with Gasteiger partial charge in [-0.25, -0.2) is 9.78 Å². The third-order valence-corrected chi connectivity index (χ3v) is 4.37. The summed E-state index contributed by atoms with van der Waals surface area (Å²) in [5, 5.41) is 5.99. The molecule has 0 saturated carbocycles. The van der Waals surface area contributed by atoms with Crippen molar-refractivity contribution in [2.75, 3.05) is 11.9 Å². The number of esters is 1. The highest BCUT2D eigenvalue weighted by Gasteiger charge is 2.09. The molecule has 0 fully saturated rings. The van der Waals surface area contributed by atoms with Gasteiger partial charge in [0.15, 0.2) is 5.13 Å². The summed E-state index contributed by atoms with van der Waals surface area (Å²) in [6.07, 6.45) is 0. The molecule has 3 rings (SSSR count). The molecule has 3 N–H and O–H groups in total. The third-order valence-electron chi connectivity index (χ3n) is 3.61. The van der Waals surface area contributed by atoms with Crippen molar-refractivity contribution in [2.45, 2.75) is 13.5 Å². The minimum Gasteiger partial charge on any atom is -0.462 e. The molecule has 5 nitrogen and oxygen atoms in total. The maximum atomic E-state index is 11.8.